The van der Waals surface area contributed by atoms with E-state index in [2.05, 4.69) is 4.99 Å². The van der Waals surface area contributed by atoms with Crippen LogP contribution in [0.4, 0.5) is 0 Å². The molecule has 2 rings (SSSR count). The zero-order valence-electron chi connectivity index (χ0n) is 15.4. The number of carbonyl (C=O) groups excluding carboxylic acids is 1. The standard InChI is InChI=1S/C22H23NO4/c1-3-16(2)21(22(25)26)23-15-18-9-12-19(13-10-18)27-20(24)14-11-17-7-5-4-6-8-17/h4-16,21H,3H2,1-2H3,(H,25,26)/b14-11+,23-15+. The predicted molar refractivity (Wildman–Crippen MR) is 106 cm³/mol. The largest absolute Gasteiger partial charge is 0.480 e. The van der Waals surface area contributed by atoms with Gasteiger partial charge in [-0.15, -0.1) is 0 Å². The normalized spacial score (nSPS) is 13.6. The lowest BCUT2D eigenvalue weighted by Gasteiger charge is -2.13. The van der Waals surface area contributed by atoms with E-state index >= 15 is 0 Å². The highest BCUT2D eigenvalue weighted by Crippen LogP contribution is 2.14. The Bertz CT molecular complexity index is 810. The van der Waals surface area contributed by atoms with Crippen molar-refractivity contribution in [1.82, 2.24) is 0 Å². The summed E-state index contributed by atoms with van der Waals surface area (Å²) < 4.78 is 5.25. The Morgan fingerprint density at radius 1 is 1.07 bits per heavy atom. The number of ether oxygens (including phenoxy) is 1. The summed E-state index contributed by atoms with van der Waals surface area (Å²) in [6.07, 6.45) is 5.32. The fourth-order valence-electron chi connectivity index (χ4n) is 2.34. The second kappa shape index (κ2) is 10.1. The molecule has 2 aromatic carbocycles. The van der Waals surface area contributed by atoms with Gasteiger partial charge in [0.2, 0.25) is 0 Å². The van der Waals surface area contributed by atoms with Gasteiger partial charge >= 0.3 is 11.9 Å². The molecule has 27 heavy (non-hydrogen) atoms. The lowest BCUT2D eigenvalue weighted by Crippen LogP contribution is -2.25. The van der Waals surface area contributed by atoms with E-state index in [1.54, 1.807) is 30.3 Å². The molecule has 0 aromatic heterocycles. The SMILES string of the molecule is CCC(C)C(/N=C/c1ccc(OC(=O)/C=C/c2ccccc2)cc1)C(=O)O. The highest BCUT2D eigenvalue weighted by Gasteiger charge is 2.21. The van der Waals surface area contributed by atoms with Crippen molar-refractivity contribution in [1.29, 1.82) is 0 Å². The van der Waals surface area contributed by atoms with Gasteiger partial charge < -0.3 is 9.84 Å². The van der Waals surface area contributed by atoms with Crippen LogP contribution in [0, 0.1) is 5.92 Å². The van der Waals surface area contributed by atoms with Crippen LogP contribution >= 0.6 is 0 Å². The Labute approximate surface area is 159 Å². The van der Waals surface area contributed by atoms with Crippen LogP contribution in [-0.4, -0.2) is 29.3 Å². The molecule has 0 heterocycles. The number of nitrogens with zero attached hydrogens (tertiary/aromatic N) is 1. The summed E-state index contributed by atoms with van der Waals surface area (Å²) in [6.45, 7) is 3.80. The molecule has 5 nitrogen and oxygen atoms in total. The van der Waals surface area contributed by atoms with Gasteiger partial charge in [0.25, 0.3) is 0 Å². The molecule has 0 radical (unpaired) electrons. The minimum Gasteiger partial charge on any atom is -0.480 e. The summed E-state index contributed by atoms with van der Waals surface area (Å²) in [5.41, 5.74) is 1.65. The third-order valence-electron chi connectivity index (χ3n) is 4.13. The van der Waals surface area contributed by atoms with Crippen LogP contribution in [0.2, 0.25) is 0 Å². The second-order valence-electron chi connectivity index (χ2n) is 6.18. The predicted octanol–water partition coefficient (Wildman–Crippen LogP) is 4.22. The topological polar surface area (TPSA) is 76.0 Å². The van der Waals surface area contributed by atoms with Crippen LogP contribution in [-0.2, 0) is 9.59 Å². The number of benzene rings is 2. The molecule has 2 unspecified atom stereocenters. The smallest absolute Gasteiger partial charge is 0.336 e. The van der Waals surface area contributed by atoms with Crippen molar-refractivity contribution in [3.05, 3.63) is 71.8 Å². The highest BCUT2D eigenvalue weighted by molar-refractivity contribution is 5.89. The molecule has 0 aliphatic carbocycles. The molecule has 0 saturated heterocycles. The molecule has 140 valence electrons. The minimum absolute atomic E-state index is 0.0459. The summed E-state index contributed by atoms with van der Waals surface area (Å²) in [6, 6.07) is 15.4. The van der Waals surface area contributed by atoms with Crippen LogP contribution in [0.5, 0.6) is 5.75 Å². The summed E-state index contributed by atoms with van der Waals surface area (Å²) in [7, 11) is 0. The molecule has 0 saturated carbocycles. The van der Waals surface area contributed by atoms with Gasteiger partial charge in [0.05, 0.1) is 0 Å². The fraction of sp³-hybridized carbons (Fsp3) is 0.227. The third kappa shape index (κ3) is 6.55. The molecule has 2 aromatic rings. The third-order valence-corrected chi connectivity index (χ3v) is 4.13. The first-order valence-corrected chi connectivity index (χ1v) is 8.80. The lowest BCUT2D eigenvalue weighted by atomic mass is 10.00. The van der Waals surface area contributed by atoms with Crippen molar-refractivity contribution in [3.63, 3.8) is 0 Å². The van der Waals surface area contributed by atoms with E-state index in [1.807, 2.05) is 44.2 Å². The van der Waals surface area contributed by atoms with Crippen LogP contribution < -0.4 is 4.74 Å². The Hall–Kier alpha value is -3.21. The van der Waals surface area contributed by atoms with E-state index < -0.39 is 18.0 Å². The van der Waals surface area contributed by atoms with Crippen molar-refractivity contribution in [2.45, 2.75) is 26.3 Å². The zero-order chi connectivity index (χ0) is 19.6. The number of rotatable bonds is 8. The monoisotopic (exact) mass is 365 g/mol. The number of hydrogen-bond acceptors (Lipinski definition) is 4. The highest BCUT2D eigenvalue weighted by atomic mass is 16.5. The number of aliphatic imine (C=N–C) groups is 1. The average Bonchev–Trinajstić information content (AvgIpc) is 2.68. The van der Waals surface area contributed by atoms with Gasteiger partial charge in [-0.1, -0.05) is 50.6 Å². The summed E-state index contributed by atoms with van der Waals surface area (Å²) in [5.74, 6) is -1.04. The molecule has 2 atom stereocenters. The molecule has 0 aliphatic rings. The van der Waals surface area contributed by atoms with E-state index in [1.165, 1.54) is 12.3 Å². The van der Waals surface area contributed by atoms with Crippen molar-refractivity contribution < 1.29 is 19.4 Å². The van der Waals surface area contributed by atoms with E-state index in [0.717, 1.165) is 17.5 Å². The van der Waals surface area contributed by atoms with Crippen molar-refractivity contribution in [3.8, 4) is 5.75 Å². The van der Waals surface area contributed by atoms with Crippen molar-refractivity contribution in [2.24, 2.45) is 10.9 Å². The van der Waals surface area contributed by atoms with Crippen LogP contribution in [0.3, 0.4) is 0 Å². The lowest BCUT2D eigenvalue weighted by molar-refractivity contribution is -0.139. The van der Waals surface area contributed by atoms with E-state index in [-0.39, 0.29) is 5.92 Å². The van der Waals surface area contributed by atoms with Crippen molar-refractivity contribution in [2.75, 3.05) is 0 Å². The molecule has 0 amide bonds. The molecular formula is C22H23NO4. The maximum absolute atomic E-state index is 11.9. The maximum atomic E-state index is 11.9. The van der Waals surface area contributed by atoms with Crippen LogP contribution in [0.1, 0.15) is 31.4 Å². The molecular weight excluding hydrogens is 342 g/mol. The van der Waals surface area contributed by atoms with Gasteiger partial charge in [-0.3, -0.25) is 4.99 Å². The first-order valence-electron chi connectivity index (χ1n) is 8.80. The van der Waals surface area contributed by atoms with Crippen molar-refractivity contribution >= 4 is 24.2 Å². The number of carbonyl (C=O) groups is 2. The quantitative estimate of drug-likeness (QED) is 0.329. The van der Waals surface area contributed by atoms with Gasteiger partial charge in [-0.05, 0) is 47.4 Å². The van der Waals surface area contributed by atoms with Gasteiger partial charge in [0.1, 0.15) is 11.8 Å². The first kappa shape index (κ1) is 20.1. The molecule has 1 N–H and O–H groups in total. The molecule has 0 aliphatic heterocycles. The number of hydrogen-bond donors (Lipinski definition) is 1. The Morgan fingerprint density at radius 3 is 2.33 bits per heavy atom. The number of carboxylic acids is 1. The van der Waals surface area contributed by atoms with Crippen LogP contribution in [0.15, 0.2) is 65.7 Å². The van der Waals surface area contributed by atoms with Gasteiger partial charge in [-0.25, -0.2) is 9.59 Å². The minimum atomic E-state index is -0.934. The summed E-state index contributed by atoms with van der Waals surface area (Å²) in [4.78, 5) is 27.3. The summed E-state index contributed by atoms with van der Waals surface area (Å²) >= 11 is 0. The average molecular weight is 365 g/mol. The Balaban J connectivity index is 1.96. The van der Waals surface area contributed by atoms with Crippen LogP contribution in [0.25, 0.3) is 6.08 Å². The Morgan fingerprint density at radius 2 is 1.74 bits per heavy atom. The first-order chi connectivity index (χ1) is 13.0. The Kier molecular flexibility index (Phi) is 7.49. The molecule has 0 fully saturated rings. The molecule has 5 heteroatoms. The number of carboxylic acid groups (broad SMARTS) is 1. The number of aliphatic carboxylic acids is 1. The summed E-state index contributed by atoms with van der Waals surface area (Å²) in [5, 5.41) is 9.25. The maximum Gasteiger partial charge on any atom is 0.336 e. The molecule has 0 spiro atoms. The van der Waals surface area contributed by atoms with E-state index in [4.69, 9.17) is 4.74 Å². The second-order valence-corrected chi connectivity index (χ2v) is 6.18. The number of esters is 1. The van der Waals surface area contributed by atoms with Gasteiger partial charge in [-0.2, -0.15) is 0 Å². The van der Waals surface area contributed by atoms with E-state index in [0.29, 0.717) is 5.75 Å². The van der Waals surface area contributed by atoms with Gasteiger partial charge in [0.15, 0.2) is 0 Å². The van der Waals surface area contributed by atoms with E-state index in [9.17, 15) is 14.7 Å². The molecule has 0 bridgehead atoms. The van der Waals surface area contributed by atoms with Gasteiger partial charge in [0, 0.05) is 12.3 Å². The zero-order valence-corrected chi connectivity index (χ0v) is 15.4. The fourth-order valence-corrected chi connectivity index (χ4v) is 2.34.